The number of nitrogens with zero attached hydrogens (tertiary/aromatic N) is 4. The van der Waals surface area contributed by atoms with Gasteiger partial charge in [-0.05, 0) is 44.1 Å². The Labute approximate surface area is 197 Å². The minimum atomic E-state index is -0.533. The van der Waals surface area contributed by atoms with Crippen LogP contribution in [0.25, 0.3) is 22.2 Å². The second-order valence-electron chi connectivity index (χ2n) is 10.3. The predicted molar refractivity (Wildman–Crippen MR) is 129 cm³/mol. The maximum Gasteiger partial charge on any atom is 0.256 e. The number of aromatic nitrogens is 2. The Morgan fingerprint density at radius 1 is 1.03 bits per heavy atom. The largest absolute Gasteiger partial charge is 0.342 e. The fraction of sp³-hybridized carbons (Fsp3) is 0.407. The summed E-state index contributed by atoms with van der Waals surface area (Å²) in [5.74, 6) is 1.79. The van der Waals surface area contributed by atoms with E-state index < -0.39 is 5.54 Å². The average Bonchev–Trinajstić information content (AvgIpc) is 3.75. The lowest BCUT2D eigenvalue weighted by atomic mass is 10.0. The molecule has 7 nitrogen and oxygen atoms in total. The van der Waals surface area contributed by atoms with E-state index in [0.717, 1.165) is 78.8 Å². The molecule has 7 rings (SSSR count). The van der Waals surface area contributed by atoms with E-state index in [2.05, 4.69) is 40.5 Å². The molecule has 0 unspecified atom stereocenters. The maximum absolute atomic E-state index is 13.3. The second-order valence-corrected chi connectivity index (χ2v) is 10.3. The van der Waals surface area contributed by atoms with Crippen LogP contribution in [0, 0.1) is 11.8 Å². The number of H-pyrrole nitrogens is 1. The first-order valence-electron chi connectivity index (χ1n) is 12.4. The molecule has 2 aromatic carbocycles. The number of nitrogens with one attached hydrogen (secondary N) is 1. The molecule has 2 aliphatic carbocycles. The van der Waals surface area contributed by atoms with Crippen LogP contribution in [-0.2, 0) is 9.59 Å². The number of hydrogen-bond donors (Lipinski definition) is 1. The summed E-state index contributed by atoms with van der Waals surface area (Å²) >= 11 is 0. The van der Waals surface area contributed by atoms with E-state index in [0.29, 0.717) is 18.4 Å². The summed E-state index contributed by atoms with van der Waals surface area (Å²) in [7, 11) is 0. The number of rotatable bonds is 5. The van der Waals surface area contributed by atoms with Crippen LogP contribution in [0.1, 0.15) is 37.7 Å². The van der Waals surface area contributed by atoms with Crippen LogP contribution >= 0.6 is 0 Å². The summed E-state index contributed by atoms with van der Waals surface area (Å²) in [4.78, 5) is 34.6. The molecule has 3 aromatic rings. The summed E-state index contributed by atoms with van der Waals surface area (Å²) in [6, 6.07) is 16.3. The lowest BCUT2D eigenvalue weighted by Gasteiger charge is -2.23. The summed E-state index contributed by atoms with van der Waals surface area (Å²) in [6.45, 7) is 2.20. The smallest absolute Gasteiger partial charge is 0.256 e. The van der Waals surface area contributed by atoms with Gasteiger partial charge in [0.05, 0.1) is 11.2 Å². The van der Waals surface area contributed by atoms with Crippen molar-refractivity contribution in [3.63, 3.8) is 0 Å². The number of amidine groups is 1. The highest BCUT2D eigenvalue weighted by atomic mass is 16.2. The van der Waals surface area contributed by atoms with Gasteiger partial charge in [-0.15, -0.1) is 0 Å². The van der Waals surface area contributed by atoms with Crippen LogP contribution in [0.3, 0.4) is 0 Å². The highest BCUT2D eigenvalue weighted by Gasteiger charge is 2.57. The van der Waals surface area contributed by atoms with Crippen LogP contribution in [-0.4, -0.2) is 62.8 Å². The molecule has 1 spiro atoms. The number of para-hydroxylation sites is 1. The predicted octanol–water partition coefficient (Wildman–Crippen LogP) is 3.61. The Hall–Kier alpha value is -3.48. The Morgan fingerprint density at radius 2 is 1.79 bits per heavy atom. The van der Waals surface area contributed by atoms with Gasteiger partial charge in [0.25, 0.3) is 5.91 Å². The van der Waals surface area contributed by atoms with Crippen molar-refractivity contribution >= 4 is 28.6 Å². The van der Waals surface area contributed by atoms with Gasteiger partial charge in [-0.25, -0.2) is 0 Å². The third kappa shape index (κ3) is 3.17. The van der Waals surface area contributed by atoms with Crippen molar-refractivity contribution in [1.82, 2.24) is 20.0 Å². The molecule has 3 heterocycles. The minimum Gasteiger partial charge on any atom is -0.342 e. The SMILES string of the molecule is O=C(C1CC1)N1CC[C@@H](CN2C(=O)C3(CC3)N=C2c2ccc(-c3n[nH]c4ccccc34)cc2)C1. The fourth-order valence-corrected chi connectivity index (χ4v) is 5.48. The van der Waals surface area contributed by atoms with Gasteiger partial charge >= 0.3 is 0 Å². The van der Waals surface area contributed by atoms with E-state index in [4.69, 9.17) is 4.99 Å². The molecule has 34 heavy (non-hydrogen) atoms. The lowest BCUT2D eigenvalue weighted by Crippen LogP contribution is -2.40. The minimum absolute atomic E-state index is 0.136. The van der Waals surface area contributed by atoms with Crippen LogP contribution in [0.15, 0.2) is 53.5 Å². The molecule has 172 valence electrons. The van der Waals surface area contributed by atoms with Gasteiger partial charge in [0.15, 0.2) is 0 Å². The molecule has 0 radical (unpaired) electrons. The van der Waals surface area contributed by atoms with Crippen molar-refractivity contribution in [2.75, 3.05) is 19.6 Å². The van der Waals surface area contributed by atoms with Gasteiger partial charge in [0.2, 0.25) is 5.91 Å². The number of hydrogen-bond acceptors (Lipinski definition) is 4. The monoisotopic (exact) mass is 453 g/mol. The van der Waals surface area contributed by atoms with Gasteiger partial charge < -0.3 is 4.90 Å². The van der Waals surface area contributed by atoms with Crippen molar-refractivity contribution in [3.05, 3.63) is 54.1 Å². The van der Waals surface area contributed by atoms with E-state index in [1.165, 1.54) is 0 Å². The van der Waals surface area contributed by atoms with Crippen molar-refractivity contribution < 1.29 is 9.59 Å². The first-order valence-corrected chi connectivity index (χ1v) is 12.4. The number of amides is 2. The number of carbonyl (C=O) groups excluding carboxylic acids is 2. The summed E-state index contributed by atoms with van der Waals surface area (Å²) in [6.07, 6.45) is 4.69. The Bertz CT molecular complexity index is 1330. The fourth-order valence-electron chi connectivity index (χ4n) is 5.48. The number of benzene rings is 2. The Balaban J connectivity index is 1.13. The number of aliphatic imine (C=N–C) groups is 1. The summed E-state index contributed by atoms with van der Waals surface area (Å²) < 4.78 is 0. The zero-order valence-electron chi connectivity index (χ0n) is 19.0. The van der Waals surface area contributed by atoms with Gasteiger partial charge in [0, 0.05) is 42.1 Å². The molecule has 1 N–H and O–H groups in total. The quantitative estimate of drug-likeness (QED) is 0.641. The molecule has 2 aliphatic heterocycles. The van der Waals surface area contributed by atoms with Gasteiger partial charge in [0.1, 0.15) is 11.4 Å². The summed E-state index contributed by atoms with van der Waals surface area (Å²) in [5.41, 5.74) is 3.40. The van der Waals surface area contributed by atoms with Gasteiger partial charge in [-0.1, -0.05) is 42.5 Å². The molecular formula is C27H27N5O2. The third-order valence-electron chi connectivity index (χ3n) is 7.79. The molecule has 2 amide bonds. The third-order valence-corrected chi connectivity index (χ3v) is 7.79. The number of aromatic amines is 1. The van der Waals surface area contributed by atoms with E-state index >= 15 is 0 Å². The van der Waals surface area contributed by atoms with Crippen LogP contribution in [0.5, 0.6) is 0 Å². The van der Waals surface area contributed by atoms with Crippen molar-refractivity contribution in [2.45, 2.75) is 37.6 Å². The van der Waals surface area contributed by atoms with Gasteiger partial charge in [-0.2, -0.15) is 5.10 Å². The second kappa shape index (κ2) is 7.26. The van der Waals surface area contributed by atoms with Crippen LogP contribution < -0.4 is 0 Å². The van der Waals surface area contributed by atoms with E-state index in [1.807, 2.05) is 28.0 Å². The normalized spacial score (nSPS) is 23.2. The highest BCUT2D eigenvalue weighted by Crippen LogP contribution is 2.46. The Kier molecular flexibility index (Phi) is 4.26. The van der Waals surface area contributed by atoms with Crippen molar-refractivity contribution in [1.29, 1.82) is 0 Å². The molecule has 3 fully saturated rings. The lowest BCUT2D eigenvalue weighted by molar-refractivity contribution is -0.131. The molecule has 1 aromatic heterocycles. The highest BCUT2D eigenvalue weighted by molar-refractivity contribution is 6.16. The van der Waals surface area contributed by atoms with Crippen LogP contribution in [0.4, 0.5) is 0 Å². The first-order chi connectivity index (χ1) is 16.6. The molecule has 1 atom stereocenters. The molecular weight excluding hydrogens is 426 g/mol. The zero-order valence-corrected chi connectivity index (χ0v) is 19.0. The van der Waals surface area contributed by atoms with E-state index in [1.54, 1.807) is 0 Å². The van der Waals surface area contributed by atoms with E-state index in [9.17, 15) is 9.59 Å². The molecule has 4 aliphatic rings. The Morgan fingerprint density at radius 3 is 2.56 bits per heavy atom. The molecule has 2 saturated carbocycles. The molecule has 7 heteroatoms. The first kappa shape index (κ1) is 19.9. The average molecular weight is 454 g/mol. The number of carbonyl (C=O) groups is 2. The van der Waals surface area contributed by atoms with Crippen LogP contribution in [0.2, 0.25) is 0 Å². The molecule has 1 saturated heterocycles. The van der Waals surface area contributed by atoms with Crippen molar-refractivity contribution in [2.24, 2.45) is 16.8 Å². The number of likely N-dealkylation sites (tertiary alicyclic amines) is 1. The standard InChI is InChI=1S/C27H27N5O2/c33-25(20-9-10-20)31-14-11-17(15-31)16-32-24(28-27(12-13-27)26(32)34)19-7-5-18(6-8-19)23-21-3-1-2-4-22(21)29-30-23/h1-8,17,20H,9-16H2,(H,29,30)/t17-/m1/s1. The van der Waals surface area contributed by atoms with Crippen molar-refractivity contribution in [3.8, 4) is 11.3 Å². The number of fused-ring (bicyclic) bond motifs is 1. The topological polar surface area (TPSA) is 81.7 Å². The zero-order chi connectivity index (χ0) is 22.9. The summed E-state index contributed by atoms with van der Waals surface area (Å²) in [5, 5.41) is 8.70. The maximum atomic E-state index is 13.3. The molecule has 0 bridgehead atoms. The van der Waals surface area contributed by atoms with Gasteiger partial charge in [-0.3, -0.25) is 24.6 Å². The van der Waals surface area contributed by atoms with E-state index in [-0.39, 0.29) is 11.8 Å².